The molecule has 0 aliphatic carbocycles. The third-order valence-electron chi connectivity index (χ3n) is 5.63. The highest BCUT2D eigenvalue weighted by molar-refractivity contribution is 5.85. The van der Waals surface area contributed by atoms with E-state index < -0.39 is 0 Å². The zero-order valence-corrected chi connectivity index (χ0v) is 16.4. The summed E-state index contributed by atoms with van der Waals surface area (Å²) < 4.78 is 4.28. The van der Waals surface area contributed by atoms with Gasteiger partial charge < -0.3 is 9.88 Å². The van der Waals surface area contributed by atoms with Crippen LogP contribution in [0.25, 0.3) is 16.6 Å². The summed E-state index contributed by atoms with van der Waals surface area (Å²) in [5.74, 6) is 0. The minimum Gasteiger partial charge on any atom is -0.348 e. The second-order valence-electron chi connectivity index (χ2n) is 7.18. The maximum Gasteiger partial charge on any atom is 0.0648 e. The lowest BCUT2D eigenvalue weighted by atomic mass is 10.1. The van der Waals surface area contributed by atoms with Gasteiger partial charge in [-0.05, 0) is 44.5 Å². The molecule has 1 atom stereocenters. The van der Waals surface area contributed by atoms with Gasteiger partial charge in [-0.1, -0.05) is 36.4 Å². The molecular formula is C23H26N4. The molecule has 0 saturated carbocycles. The highest BCUT2D eigenvalue weighted by Crippen LogP contribution is 2.26. The van der Waals surface area contributed by atoms with Crippen molar-refractivity contribution in [2.75, 3.05) is 0 Å². The summed E-state index contributed by atoms with van der Waals surface area (Å²) in [7, 11) is 2.14. The van der Waals surface area contributed by atoms with E-state index >= 15 is 0 Å². The zero-order chi connectivity index (χ0) is 19.0. The largest absolute Gasteiger partial charge is 0.348 e. The third kappa shape index (κ3) is 3.06. The van der Waals surface area contributed by atoms with Crippen molar-refractivity contribution >= 4 is 10.9 Å². The van der Waals surface area contributed by atoms with Crippen molar-refractivity contribution in [2.24, 2.45) is 7.05 Å². The number of nitrogens with zero attached hydrogens (tertiary/aromatic N) is 3. The van der Waals surface area contributed by atoms with Crippen LogP contribution >= 0.6 is 0 Å². The Morgan fingerprint density at radius 3 is 2.44 bits per heavy atom. The SMILES string of the molecule is Cc1c([C@H](C)NCc2c(C)n(C)c3ccccc23)cnn1-c1ccccc1. The number of hydrogen-bond acceptors (Lipinski definition) is 2. The van der Waals surface area contributed by atoms with Crippen LogP contribution in [0, 0.1) is 13.8 Å². The molecule has 0 aliphatic rings. The average Bonchev–Trinajstić information content (AvgIpc) is 3.19. The van der Waals surface area contributed by atoms with Crippen LogP contribution < -0.4 is 5.32 Å². The van der Waals surface area contributed by atoms with Crippen molar-refractivity contribution < 1.29 is 0 Å². The van der Waals surface area contributed by atoms with Gasteiger partial charge in [0.25, 0.3) is 0 Å². The number of aromatic nitrogens is 3. The molecule has 0 radical (unpaired) electrons. The van der Waals surface area contributed by atoms with E-state index in [1.165, 1.54) is 33.4 Å². The minimum absolute atomic E-state index is 0.223. The molecule has 2 aromatic heterocycles. The number of aryl methyl sites for hydroxylation is 1. The first-order valence-electron chi connectivity index (χ1n) is 9.44. The lowest BCUT2D eigenvalue weighted by Crippen LogP contribution is -2.19. The van der Waals surface area contributed by atoms with Gasteiger partial charge in [0.1, 0.15) is 0 Å². The maximum absolute atomic E-state index is 4.61. The van der Waals surface area contributed by atoms with Crippen LogP contribution in [-0.4, -0.2) is 14.3 Å². The van der Waals surface area contributed by atoms with Gasteiger partial charge in [0.2, 0.25) is 0 Å². The predicted molar refractivity (Wildman–Crippen MR) is 111 cm³/mol. The highest BCUT2D eigenvalue weighted by atomic mass is 15.3. The number of benzene rings is 2. The first-order valence-corrected chi connectivity index (χ1v) is 9.44. The topological polar surface area (TPSA) is 34.8 Å². The summed E-state index contributed by atoms with van der Waals surface area (Å²) in [6, 6.07) is 19.1. The molecule has 0 aliphatic heterocycles. The molecule has 0 fully saturated rings. The van der Waals surface area contributed by atoms with Crippen LogP contribution in [0.5, 0.6) is 0 Å². The molecule has 0 saturated heterocycles. The summed E-state index contributed by atoms with van der Waals surface area (Å²) >= 11 is 0. The second kappa shape index (κ2) is 7.05. The smallest absolute Gasteiger partial charge is 0.0648 e. The Morgan fingerprint density at radius 1 is 0.963 bits per heavy atom. The molecule has 0 bridgehead atoms. The maximum atomic E-state index is 4.61. The number of rotatable bonds is 5. The molecule has 2 aromatic carbocycles. The van der Waals surface area contributed by atoms with Gasteiger partial charge in [-0.3, -0.25) is 0 Å². The third-order valence-corrected chi connectivity index (χ3v) is 5.63. The van der Waals surface area contributed by atoms with Gasteiger partial charge in [-0.25, -0.2) is 4.68 Å². The fourth-order valence-electron chi connectivity index (χ4n) is 3.86. The zero-order valence-electron chi connectivity index (χ0n) is 16.4. The van der Waals surface area contributed by atoms with Crippen LogP contribution in [0.3, 0.4) is 0 Å². The highest BCUT2D eigenvalue weighted by Gasteiger charge is 2.16. The Kier molecular flexibility index (Phi) is 4.58. The van der Waals surface area contributed by atoms with E-state index in [0.717, 1.165) is 12.2 Å². The van der Waals surface area contributed by atoms with E-state index in [4.69, 9.17) is 0 Å². The molecule has 0 amide bonds. The predicted octanol–water partition coefficient (Wildman–Crippen LogP) is 4.83. The van der Waals surface area contributed by atoms with Gasteiger partial charge in [0.05, 0.1) is 11.9 Å². The van der Waals surface area contributed by atoms with Crippen molar-refractivity contribution in [3.05, 3.63) is 83.3 Å². The van der Waals surface area contributed by atoms with Crippen molar-refractivity contribution in [3.63, 3.8) is 0 Å². The quantitative estimate of drug-likeness (QED) is 0.554. The number of fused-ring (bicyclic) bond motifs is 1. The van der Waals surface area contributed by atoms with E-state index in [1.54, 1.807) is 0 Å². The summed E-state index contributed by atoms with van der Waals surface area (Å²) in [6.07, 6.45) is 1.98. The summed E-state index contributed by atoms with van der Waals surface area (Å²) in [6.45, 7) is 7.38. The molecule has 4 rings (SSSR count). The van der Waals surface area contributed by atoms with Crippen molar-refractivity contribution in [1.29, 1.82) is 0 Å². The summed E-state index contributed by atoms with van der Waals surface area (Å²) in [5.41, 5.74) is 7.47. The molecule has 4 aromatic rings. The second-order valence-corrected chi connectivity index (χ2v) is 7.18. The molecule has 138 valence electrons. The Balaban J connectivity index is 1.57. The number of hydrogen-bond donors (Lipinski definition) is 1. The summed E-state index contributed by atoms with van der Waals surface area (Å²) in [4.78, 5) is 0. The van der Waals surface area contributed by atoms with Crippen molar-refractivity contribution in [1.82, 2.24) is 19.7 Å². The molecule has 0 spiro atoms. The minimum atomic E-state index is 0.223. The Bertz CT molecular complexity index is 1070. The van der Waals surface area contributed by atoms with Crippen molar-refractivity contribution in [2.45, 2.75) is 33.4 Å². The molecule has 1 N–H and O–H groups in total. The molecule has 4 nitrogen and oxygen atoms in total. The first kappa shape index (κ1) is 17.6. The van der Waals surface area contributed by atoms with E-state index in [1.807, 2.05) is 29.1 Å². The molecule has 2 heterocycles. The van der Waals surface area contributed by atoms with E-state index in [9.17, 15) is 0 Å². The number of para-hydroxylation sites is 2. The summed E-state index contributed by atoms with van der Waals surface area (Å²) in [5, 5.41) is 9.63. The van der Waals surface area contributed by atoms with Crippen LogP contribution in [0.4, 0.5) is 0 Å². The Morgan fingerprint density at radius 2 is 1.67 bits per heavy atom. The molecular weight excluding hydrogens is 332 g/mol. The standard InChI is InChI=1S/C23H26N4/c1-16(21-15-25-27(18(21)3)19-10-6-5-7-11-19)24-14-22-17(2)26(4)23-13-9-8-12-20(22)23/h5-13,15-16,24H,14H2,1-4H3/t16-/m0/s1. The molecule has 0 unspecified atom stereocenters. The molecule has 27 heavy (non-hydrogen) atoms. The first-order chi connectivity index (χ1) is 13.1. The Labute approximate surface area is 160 Å². The van der Waals surface area contributed by atoms with Gasteiger partial charge >= 0.3 is 0 Å². The van der Waals surface area contributed by atoms with Gasteiger partial charge in [-0.15, -0.1) is 0 Å². The average molecular weight is 358 g/mol. The van der Waals surface area contributed by atoms with E-state index in [2.05, 4.69) is 79.2 Å². The van der Waals surface area contributed by atoms with E-state index in [0.29, 0.717) is 0 Å². The van der Waals surface area contributed by atoms with Crippen LogP contribution in [-0.2, 0) is 13.6 Å². The van der Waals surface area contributed by atoms with Gasteiger partial charge in [0, 0.05) is 47.5 Å². The fourth-order valence-corrected chi connectivity index (χ4v) is 3.86. The van der Waals surface area contributed by atoms with Crippen molar-refractivity contribution in [3.8, 4) is 5.69 Å². The normalized spacial score (nSPS) is 12.6. The van der Waals surface area contributed by atoms with Crippen LogP contribution in [0.15, 0.2) is 60.8 Å². The monoisotopic (exact) mass is 358 g/mol. The molecule has 4 heteroatoms. The van der Waals surface area contributed by atoms with Crippen LogP contribution in [0.1, 0.15) is 35.5 Å². The van der Waals surface area contributed by atoms with E-state index in [-0.39, 0.29) is 6.04 Å². The fraction of sp³-hybridized carbons (Fsp3) is 0.261. The Hall–Kier alpha value is -2.85. The number of nitrogens with one attached hydrogen (secondary N) is 1. The van der Waals surface area contributed by atoms with Gasteiger partial charge in [0.15, 0.2) is 0 Å². The van der Waals surface area contributed by atoms with Gasteiger partial charge in [-0.2, -0.15) is 5.10 Å². The lowest BCUT2D eigenvalue weighted by Gasteiger charge is -2.14. The van der Waals surface area contributed by atoms with Crippen LogP contribution in [0.2, 0.25) is 0 Å². The lowest BCUT2D eigenvalue weighted by molar-refractivity contribution is 0.571.